The zero-order valence-corrected chi connectivity index (χ0v) is 15.9. The lowest BCUT2D eigenvalue weighted by Crippen LogP contribution is -2.20. The summed E-state index contributed by atoms with van der Waals surface area (Å²) in [7, 11) is 3.74. The molecule has 0 aliphatic carbocycles. The Morgan fingerprint density at radius 1 is 0.929 bits per heavy atom. The van der Waals surface area contributed by atoms with Gasteiger partial charge in [0.2, 0.25) is 0 Å². The molecule has 0 saturated heterocycles. The van der Waals surface area contributed by atoms with Crippen LogP contribution in [0.4, 0.5) is 0 Å². The van der Waals surface area contributed by atoms with Crippen molar-refractivity contribution < 1.29 is 34.1 Å². The van der Waals surface area contributed by atoms with Crippen molar-refractivity contribution in [1.29, 1.82) is 0 Å². The van der Waals surface area contributed by atoms with Gasteiger partial charge >= 0.3 is 11.9 Å². The number of hydrogen-bond donors (Lipinski definition) is 2. The van der Waals surface area contributed by atoms with E-state index in [4.69, 9.17) is 19.4 Å². The van der Waals surface area contributed by atoms with Gasteiger partial charge in [0.05, 0.1) is 0 Å². The molecular formula is C20H23NO7. The van der Waals surface area contributed by atoms with Gasteiger partial charge in [0.25, 0.3) is 5.97 Å². The smallest absolute Gasteiger partial charge is 0.347 e. The topological polar surface area (TPSA) is 113 Å². The number of carbonyl (C=O) groups is 3. The number of aliphatic carboxylic acids is 1. The van der Waals surface area contributed by atoms with Crippen LogP contribution in [0.3, 0.4) is 0 Å². The number of phenolic OH excluding ortho intramolecular Hbond substituents is 1. The summed E-state index contributed by atoms with van der Waals surface area (Å²) in [4.78, 5) is 35.2. The number of nitrogens with zero attached hydrogens (tertiary/aromatic N) is 1. The number of aromatic hydroxyl groups is 1. The van der Waals surface area contributed by atoms with Crippen molar-refractivity contribution in [3.05, 3.63) is 59.7 Å². The van der Waals surface area contributed by atoms with Crippen molar-refractivity contribution in [2.24, 2.45) is 0 Å². The predicted molar refractivity (Wildman–Crippen MR) is 102 cm³/mol. The Morgan fingerprint density at radius 2 is 1.46 bits per heavy atom. The zero-order chi connectivity index (χ0) is 21.1. The summed E-state index contributed by atoms with van der Waals surface area (Å²) in [6.45, 7) is 1.90. The van der Waals surface area contributed by atoms with Crippen LogP contribution in [0.25, 0.3) is 0 Å². The third kappa shape index (κ3) is 7.88. The Labute approximate surface area is 162 Å². The molecule has 0 fully saturated rings. The van der Waals surface area contributed by atoms with Crippen LogP contribution in [0.15, 0.2) is 48.5 Å². The molecule has 0 aromatic heterocycles. The zero-order valence-electron chi connectivity index (χ0n) is 15.9. The number of rotatable bonds is 6. The van der Waals surface area contributed by atoms with E-state index in [9.17, 15) is 14.7 Å². The number of carboxylic acids is 1. The Balaban J connectivity index is 0.000000892. The first-order valence-corrected chi connectivity index (χ1v) is 8.33. The van der Waals surface area contributed by atoms with Gasteiger partial charge in [0, 0.05) is 13.5 Å². The molecule has 0 aliphatic heterocycles. The average molecular weight is 389 g/mol. The van der Waals surface area contributed by atoms with Crippen LogP contribution in [0.2, 0.25) is 0 Å². The molecule has 0 radical (unpaired) electrons. The highest BCUT2D eigenvalue weighted by molar-refractivity contribution is 5.97. The first-order valence-electron chi connectivity index (χ1n) is 8.33. The molecule has 2 aromatic rings. The summed E-state index contributed by atoms with van der Waals surface area (Å²) in [6, 6.07) is 12.4. The number of para-hydroxylation sites is 2. The molecule has 2 N–H and O–H groups in total. The van der Waals surface area contributed by atoms with Crippen molar-refractivity contribution >= 4 is 17.9 Å². The van der Waals surface area contributed by atoms with E-state index in [1.165, 1.54) is 24.3 Å². The van der Waals surface area contributed by atoms with Crippen LogP contribution in [0.5, 0.6) is 11.5 Å². The third-order valence-electron chi connectivity index (χ3n) is 3.21. The Morgan fingerprint density at radius 3 is 2.04 bits per heavy atom. The summed E-state index contributed by atoms with van der Waals surface area (Å²) < 4.78 is 10.4. The van der Waals surface area contributed by atoms with Crippen LogP contribution >= 0.6 is 0 Å². The normalized spacial score (nSPS) is 9.86. The van der Waals surface area contributed by atoms with Crippen molar-refractivity contribution in [3.63, 3.8) is 0 Å². The van der Waals surface area contributed by atoms with Crippen LogP contribution in [0.1, 0.15) is 27.6 Å². The molecular weight excluding hydrogens is 366 g/mol. The fraction of sp³-hybridized carbons (Fsp3) is 0.250. The minimum atomic E-state index is -0.833. The van der Waals surface area contributed by atoms with Gasteiger partial charge in [-0.2, -0.15) is 0 Å². The first kappa shape index (κ1) is 22.7. The van der Waals surface area contributed by atoms with Crippen LogP contribution in [-0.4, -0.2) is 60.3 Å². The van der Waals surface area contributed by atoms with Gasteiger partial charge in [-0.3, -0.25) is 4.79 Å². The number of likely N-dealkylation sites (N-methyl/N-ethyl adjacent to an activating group) is 1. The van der Waals surface area contributed by atoms with E-state index in [2.05, 4.69) is 0 Å². The van der Waals surface area contributed by atoms with Gasteiger partial charge < -0.3 is 24.6 Å². The SMILES string of the molecule is CC(=O)O.CN(C)CCOC(=O)c1ccccc1OC(=O)c1ccccc1O. The van der Waals surface area contributed by atoms with E-state index in [-0.39, 0.29) is 29.2 Å². The maximum atomic E-state index is 12.2. The fourth-order valence-electron chi connectivity index (χ4n) is 1.92. The molecule has 0 heterocycles. The number of ether oxygens (including phenoxy) is 2. The summed E-state index contributed by atoms with van der Waals surface area (Å²) in [6.07, 6.45) is 0. The Hall–Kier alpha value is -3.39. The highest BCUT2D eigenvalue weighted by atomic mass is 16.5. The minimum absolute atomic E-state index is 0.0216. The monoisotopic (exact) mass is 389 g/mol. The number of phenols is 1. The van der Waals surface area contributed by atoms with Gasteiger partial charge in [-0.1, -0.05) is 24.3 Å². The first-order chi connectivity index (χ1) is 13.2. The molecule has 0 amide bonds. The number of carbonyl (C=O) groups excluding carboxylic acids is 2. The molecule has 0 spiro atoms. The van der Waals surface area contributed by atoms with Crippen LogP contribution in [0, 0.1) is 0 Å². The second-order valence-corrected chi connectivity index (χ2v) is 5.86. The van der Waals surface area contributed by atoms with E-state index < -0.39 is 17.9 Å². The third-order valence-corrected chi connectivity index (χ3v) is 3.21. The van der Waals surface area contributed by atoms with E-state index in [1.54, 1.807) is 24.3 Å². The summed E-state index contributed by atoms with van der Waals surface area (Å²) in [5.41, 5.74) is 0.174. The van der Waals surface area contributed by atoms with Gasteiger partial charge in [-0.25, -0.2) is 9.59 Å². The van der Waals surface area contributed by atoms with Crippen molar-refractivity contribution in [3.8, 4) is 11.5 Å². The van der Waals surface area contributed by atoms with Gasteiger partial charge in [0.1, 0.15) is 29.2 Å². The Bertz CT molecular complexity index is 814. The summed E-state index contributed by atoms with van der Waals surface area (Å²) in [5.74, 6) is -2.26. The standard InChI is InChI=1S/C18H19NO5.C2H4O2/c1-19(2)11-12-23-17(21)14-8-4-6-10-16(14)24-18(22)13-7-3-5-9-15(13)20;1-2(3)4/h3-10,20H,11-12H2,1-2H3;1H3,(H,3,4). The van der Waals surface area contributed by atoms with Crippen molar-refractivity contribution in [1.82, 2.24) is 4.90 Å². The maximum absolute atomic E-state index is 12.2. The number of benzene rings is 2. The predicted octanol–water partition coefficient (Wildman–Crippen LogP) is 2.42. The molecule has 8 heteroatoms. The number of carboxylic acid groups (broad SMARTS) is 1. The molecule has 8 nitrogen and oxygen atoms in total. The van der Waals surface area contributed by atoms with E-state index in [0.717, 1.165) is 6.92 Å². The molecule has 28 heavy (non-hydrogen) atoms. The van der Waals surface area contributed by atoms with Crippen LogP contribution in [-0.2, 0) is 9.53 Å². The Kier molecular flexibility index (Phi) is 9.18. The van der Waals surface area contributed by atoms with Gasteiger partial charge in [-0.05, 0) is 38.4 Å². The molecule has 2 aromatic carbocycles. The van der Waals surface area contributed by atoms with Gasteiger partial charge in [0.15, 0.2) is 0 Å². The maximum Gasteiger partial charge on any atom is 0.347 e. The highest BCUT2D eigenvalue weighted by Crippen LogP contribution is 2.23. The minimum Gasteiger partial charge on any atom is -0.507 e. The molecule has 0 unspecified atom stereocenters. The lowest BCUT2D eigenvalue weighted by Gasteiger charge is -2.12. The van der Waals surface area contributed by atoms with E-state index in [1.807, 2.05) is 19.0 Å². The van der Waals surface area contributed by atoms with E-state index in [0.29, 0.717) is 6.54 Å². The lowest BCUT2D eigenvalue weighted by atomic mass is 10.2. The second kappa shape index (κ2) is 11.3. The van der Waals surface area contributed by atoms with Gasteiger partial charge in [-0.15, -0.1) is 0 Å². The van der Waals surface area contributed by atoms with Crippen LogP contribution < -0.4 is 4.74 Å². The van der Waals surface area contributed by atoms with Crippen molar-refractivity contribution in [2.75, 3.05) is 27.2 Å². The number of esters is 2. The second-order valence-electron chi connectivity index (χ2n) is 5.86. The summed E-state index contributed by atoms with van der Waals surface area (Å²) in [5, 5.41) is 17.1. The molecule has 0 atom stereocenters. The quantitative estimate of drug-likeness (QED) is 0.572. The molecule has 150 valence electrons. The molecule has 2 rings (SSSR count). The highest BCUT2D eigenvalue weighted by Gasteiger charge is 2.18. The molecule has 0 aliphatic rings. The van der Waals surface area contributed by atoms with E-state index >= 15 is 0 Å². The fourth-order valence-corrected chi connectivity index (χ4v) is 1.92. The summed E-state index contributed by atoms with van der Waals surface area (Å²) >= 11 is 0. The van der Waals surface area contributed by atoms with Crippen molar-refractivity contribution in [2.45, 2.75) is 6.92 Å². The average Bonchev–Trinajstić information content (AvgIpc) is 2.61. The molecule has 0 saturated carbocycles. The largest absolute Gasteiger partial charge is 0.507 e. The lowest BCUT2D eigenvalue weighted by molar-refractivity contribution is -0.134. The number of hydrogen-bond acceptors (Lipinski definition) is 7. The molecule has 0 bridgehead atoms.